The van der Waals surface area contributed by atoms with E-state index in [2.05, 4.69) is 13.2 Å². The smallest absolute Gasteiger partial charge is 0.223 e. The minimum Gasteiger partial charge on any atom is -0.394 e. The van der Waals surface area contributed by atoms with Crippen LogP contribution in [0.15, 0.2) is 25.3 Å². The molecule has 3 N–H and O–H groups in total. The lowest BCUT2D eigenvalue weighted by molar-refractivity contribution is -0.130. The van der Waals surface area contributed by atoms with Crippen molar-refractivity contribution in [1.29, 1.82) is 0 Å². The zero-order valence-corrected chi connectivity index (χ0v) is 16.9. The minimum atomic E-state index is -0.688. The highest BCUT2D eigenvalue weighted by Gasteiger charge is 2.18. The van der Waals surface area contributed by atoms with Gasteiger partial charge in [0.1, 0.15) is 5.72 Å². The number of ether oxygens (including phenoxy) is 3. The van der Waals surface area contributed by atoms with Gasteiger partial charge in [-0.1, -0.05) is 12.2 Å². The third-order valence-electron chi connectivity index (χ3n) is 3.84. The van der Waals surface area contributed by atoms with Crippen molar-refractivity contribution in [1.82, 2.24) is 4.90 Å². The molecule has 0 spiro atoms. The van der Waals surface area contributed by atoms with E-state index in [1.165, 1.54) is 0 Å². The average molecular weight is 387 g/mol. The number of amides is 1. The van der Waals surface area contributed by atoms with Crippen molar-refractivity contribution >= 4 is 5.91 Å². The van der Waals surface area contributed by atoms with Crippen molar-refractivity contribution in [3.05, 3.63) is 25.3 Å². The van der Waals surface area contributed by atoms with E-state index in [0.29, 0.717) is 59.0 Å². The second-order valence-corrected chi connectivity index (χ2v) is 6.55. The Morgan fingerprint density at radius 3 is 2.30 bits per heavy atom. The summed E-state index contributed by atoms with van der Waals surface area (Å²) in [5.74, 6) is 0.0761. The van der Waals surface area contributed by atoms with Crippen LogP contribution in [0.5, 0.6) is 0 Å². The van der Waals surface area contributed by atoms with Gasteiger partial charge in [-0.25, -0.2) is 0 Å². The number of aliphatic hydroxyl groups excluding tert-OH is 1. The van der Waals surface area contributed by atoms with Crippen molar-refractivity contribution in [3.63, 3.8) is 0 Å². The zero-order chi connectivity index (χ0) is 20.4. The van der Waals surface area contributed by atoms with E-state index in [1.807, 2.05) is 6.92 Å². The second-order valence-electron chi connectivity index (χ2n) is 6.55. The molecule has 0 aliphatic carbocycles. The van der Waals surface area contributed by atoms with Crippen LogP contribution >= 0.6 is 0 Å². The summed E-state index contributed by atoms with van der Waals surface area (Å²) >= 11 is 0. The molecule has 0 saturated carbocycles. The maximum atomic E-state index is 12.0. The number of nitrogens with two attached hydrogens (primary N) is 1. The molecule has 1 atom stereocenters. The highest BCUT2D eigenvalue weighted by Crippen LogP contribution is 2.12. The van der Waals surface area contributed by atoms with Gasteiger partial charge in [0.15, 0.2) is 0 Å². The van der Waals surface area contributed by atoms with Crippen molar-refractivity contribution in [2.75, 3.05) is 52.7 Å². The van der Waals surface area contributed by atoms with Gasteiger partial charge in [-0.2, -0.15) is 0 Å². The van der Waals surface area contributed by atoms with Crippen LogP contribution in [0.4, 0.5) is 0 Å². The minimum absolute atomic E-state index is 0.0494. The highest BCUT2D eigenvalue weighted by molar-refractivity contribution is 5.76. The van der Waals surface area contributed by atoms with Gasteiger partial charge in [0.25, 0.3) is 0 Å². The lowest BCUT2D eigenvalue weighted by atomic mass is 10.1. The molecule has 1 unspecified atom stereocenters. The van der Waals surface area contributed by atoms with Crippen molar-refractivity contribution in [3.8, 4) is 0 Å². The fourth-order valence-corrected chi connectivity index (χ4v) is 2.43. The first-order valence-corrected chi connectivity index (χ1v) is 9.65. The van der Waals surface area contributed by atoms with Crippen molar-refractivity contribution < 1.29 is 24.1 Å². The third-order valence-corrected chi connectivity index (χ3v) is 3.84. The summed E-state index contributed by atoms with van der Waals surface area (Å²) in [6, 6.07) is 0. The lowest BCUT2D eigenvalue weighted by Crippen LogP contribution is -2.40. The van der Waals surface area contributed by atoms with Gasteiger partial charge in [0, 0.05) is 32.7 Å². The quantitative estimate of drug-likeness (QED) is 0.200. The summed E-state index contributed by atoms with van der Waals surface area (Å²) in [4.78, 5) is 13.7. The summed E-state index contributed by atoms with van der Waals surface area (Å²) < 4.78 is 16.4. The summed E-state index contributed by atoms with van der Waals surface area (Å²) in [5, 5.41) is 8.62. The molecular formula is C20H38N2O5. The van der Waals surface area contributed by atoms with E-state index >= 15 is 0 Å². The number of rotatable bonds is 19. The molecule has 7 nitrogen and oxygen atoms in total. The topological polar surface area (TPSA) is 94.3 Å². The Kier molecular flexibility index (Phi) is 16.1. The Morgan fingerprint density at radius 1 is 1.04 bits per heavy atom. The van der Waals surface area contributed by atoms with Gasteiger partial charge >= 0.3 is 0 Å². The molecule has 0 heterocycles. The predicted octanol–water partition coefficient (Wildman–Crippen LogP) is 1.85. The number of nitrogens with zero attached hydrogens (tertiary/aromatic N) is 1. The molecule has 0 radical (unpaired) electrons. The Hall–Kier alpha value is -1.25. The van der Waals surface area contributed by atoms with Gasteiger partial charge in [-0.05, 0) is 32.6 Å². The fourth-order valence-electron chi connectivity index (χ4n) is 2.43. The Labute approximate surface area is 164 Å². The largest absolute Gasteiger partial charge is 0.394 e. The Balaban J connectivity index is 3.67. The number of aliphatic hydroxyl groups is 1. The Bertz CT molecular complexity index is 392. The number of hydrogen-bond acceptors (Lipinski definition) is 6. The first-order chi connectivity index (χ1) is 13.0. The summed E-state index contributed by atoms with van der Waals surface area (Å²) in [6.07, 6.45) is 7.03. The monoisotopic (exact) mass is 386 g/mol. The van der Waals surface area contributed by atoms with Crippen LogP contribution in [0.3, 0.4) is 0 Å². The standard InChI is InChI=1S/C20H38N2O5/c1-4-11-22(12-5-2)19(24)9-8-15-26-17-18-27-20(3,21)10-6-7-14-25-16-13-23/h4-5,23H,1-2,6-18,21H2,3H3. The van der Waals surface area contributed by atoms with E-state index in [-0.39, 0.29) is 12.5 Å². The highest BCUT2D eigenvalue weighted by atomic mass is 16.5. The van der Waals surface area contributed by atoms with Crippen LogP contribution in [-0.4, -0.2) is 74.4 Å². The molecule has 7 heteroatoms. The third kappa shape index (κ3) is 15.5. The van der Waals surface area contributed by atoms with Gasteiger partial charge in [-0.3, -0.25) is 4.79 Å². The molecule has 0 aromatic rings. The summed E-state index contributed by atoms with van der Waals surface area (Å²) in [7, 11) is 0. The SMILES string of the molecule is C=CCN(CC=C)C(=O)CCCOCCOC(C)(N)CCCCOCCO. The Morgan fingerprint density at radius 2 is 1.67 bits per heavy atom. The van der Waals surface area contributed by atoms with Crippen LogP contribution in [-0.2, 0) is 19.0 Å². The molecule has 158 valence electrons. The van der Waals surface area contributed by atoms with Crippen LogP contribution < -0.4 is 5.73 Å². The molecule has 0 saturated heterocycles. The van der Waals surface area contributed by atoms with E-state index in [0.717, 1.165) is 19.3 Å². The normalized spacial score (nSPS) is 13.1. The zero-order valence-electron chi connectivity index (χ0n) is 16.9. The van der Waals surface area contributed by atoms with Crippen molar-refractivity contribution in [2.45, 2.75) is 44.8 Å². The maximum Gasteiger partial charge on any atom is 0.223 e. The van der Waals surface area contributed by atoms with Gasteiger partial charge in [0.2, 0.25) is 5.91 Å². The van der Waals surface area contributed by atoms with E-state index < -0.39 is 5.72 Å². The molecule has 0 aliphatic rings. The predicted molar refractivity (Wildman–Crippen MR) is 107 cm³/mol. The molecule has 1 amide bonds. The summed E-state index contributed by atoms with van der Waals surface area (Å²) in [5.41, 5.74) is 5.42. The maximum absolute atomic E-state index is 12.0. The first kappa shape index (κ1) is 25.8. The van der Waals surface area contributed by atoms with Crippen LogP contribution in [0, 0.1) is 0 Å². The molecule has 27 heavy (non-hydrogen) atoms. The molecule has 0 aromatic carbocycles. The fraction of sp³-hybridized carbons (Fsp3) is 0.750. The van der Waals surface area contributed by atoms with Gasteiger partial charge < -0.3 is 30.0 Å². The molecule has 0 bridgehead atoms. The lowest BCUT2D eigenvalue weighted by Gasteiger charge is -2.25. The van der Waals surface area contributed by atoms with Crippen molar-refractivity contribution in [2.24, 2.45) is 5.73 Å². The first-order valence-electron chi connectivity index (χ1n) is 9.65. The van der Waals surface area contributed by atoms with E-state index in [1.54, 1.807) is 17.1 Å². The van der Waals surface area contributed by atoms with Gasteiger partial charge in [-0.15, -0.1) is 13.2 Å². The number of unbranched alkanes of at least 4 members (excludes halogenated alkanes) is 1. The number of carbonyl (C=O) groups excluding carboxylic acids is 1. The molecule has 0 fully saturated rings. The number of carbonyl (C=O) groups is 1. The van der Waals surface area contributed by atoms with E-state index in [4.69, 9.17) is 25.1 Å². The van der Waals surface area contributed by atoms with Crippen LogP contribution in [0.2, 0.25) is 0 Å². The van der Waals surface area contributed by atoms with Gasteiger partial charge in [0.05, 0.1) is 26.4 Å². The molecule has 0 rings (SSSR count). The molecular weight excluding hydrogens is 348 g/mol. The molecule has 0 aromatic heterocycles. The van der Waals surface area contributed by atoms with Crippen LogP contribution in [0.25, 0.3) is 0 Å². The van der Waals surface area contributed by atoms with E-state index in [9.17, 15) is 4.79 Å². The average Bonchev–Trinajstić information content (AvgIpc) is 2.63. The number of hydrogen-bond donors (Lipinski definition) is 2. The summed E-state index contributed by atoms with van der Waals surface area (Å²) in [6.45, 7) is 12.6. The second kappa shape index (κ2) is 16.9. The van der Waals surface area contributed by atoms with Crippen LogP contribution in [0.1, 0.15) is 39.0 Å². The molecule has 0 aliphatic heterocycles.